The van der Waals surface area contributed by atoms with Crippen molar-refractivity contribution >= 4 is 10.1 Å². The van der Waals surface area contributed by atoms with Crippen LogP contribution < -0.4 is 51.4 Å². The van der Waals surface area contributed by atoms with Crippen LogP contribution in [0, 0.1) is 0 Å². The summed E-state index contributed by atoms with van der Waals surface area (Å²) < 4.78 is 192. The minimum atomic E-state index is -8.06. The molecule has 3 nitrogen and oxygen atoms in total. The van der Waals surface area contributed by atoms with Crippen molar-refractivity contribution in [3.05, 3.63) is 0 Å². The molecule has 18 heteroatoms. The number of hydrogen-bond acceptors (Lipinski definition) is 3. The average Bonchev–Trinajstić information content (AvgIpc) is 2.22. The Bertz CT molecular complexity index is 581. The number of rotatable bonds is 6. The summed E-state index contributed by atoms with van der Waals surface area (Å²) in [7, 11) is -7.80. The molecule has 0 aliphatic rings. The van der Waals surface area contributed by atoms with E-state index in [1.807, 2.05) is 0 Å². The van der Waals surface area contributed by atoms with Gasteiger partial charge in [-0.05, 0) is 0 Å². The van der Waals surface area contributed by atoms with Gasteiger partial charge in [-0.3, -0.25) is 0 Å². The molecule has 0 saturated carbocycles. The Morgan fingerprint density at radius 3 is 1.20 bits per heavy atom. The van der Waals surface area contributed by atoms with Gasteiger partial charge >= 0.3 is 86.5 Å². The zero-order valence-electron chi connectivity index (χ0n) is 11.3. The van der Waals surface area contributed by atoms with E-state index in [0.717, 1.165) is 0 Å². The molecular formula is C7H2F13KO3S. The first-order valence-electron chi connectivity index (χ1n) is 4.87. The Labute approximate surface area is 172 Å². The van der Waals surface area contributed by atoms with Crippen LogP contribution in [0.15, 0.2) is 0 Å². The number of halogens is 13. The summed E-state index contributed by atoms with van der Waals surface area (Å²) in [6.07, 6.45) is -10.5. The van der Waals surface area contributed by atoms with Crippen LogP contribution in [-0.2, 0) is 10.1 Å². The molecule has 0 atom stereocenters. The molecule has 0 spiro atoms. The standard InChI is InChI=1S/C7H3F13O3S.K/c8-2(9,1-3(10,11)12)4(13,14)5(15,16)6(17,18)7(19,20)24(21,22)23;/h1H2,(H,21,22,23);/q;+1/p-1. The van der Waals surface area contributed by atoms with Crippen molar-refractivity contribution in [2.24, 2.45) is 0 Å². The molecule has 0 radical (unpaired) electrons. The van der Waals surface area contributed by atoms with Crippen molar-refractivity contribution in [3.63, 3.8) is 0 Å². The van der Waals surface area contributed by atoms with E-state index in [9.17, 15) is 70.0 Å². The summed E-state index contributed by atoms with van der Waals surface area (Å²) in [5.41, 5.74) is 0. The van der Waals surface area contributed by atoms with Crippen LogP contribution in [0.1, 0.15) is 6.42 Å². The molecule has 0 amide bonds. The van der Waals surface area contributed by atoms with Gasteiger partial charge in [-0.1, -0.05) is 0 Å². The molecule has 0 aromatic carbocycles. The molecule has 146 valence electrons. The molecule has 0 fully saturated rings. The number of alkyl halides is 13. The van der Waals surface area contributed by atoms with E-state index in [0.29, 0.717) is 0 Å². The molecule has 0 aliphatic heterocycles. The monoisotopic (exact) mass is 452 g/mol. The number of hydrogen-bond donors (Lipinski definition) is 0. The molecular weight excluding hydrogens is 450 g/mol. The summed E-state index contributed by atoms with van der Waals surface area (Å²) in [6, 6.07) is 0. The van der Waals surface area contributed by atoms with E-state index >= 15 is 0 Å². The smallest absolute Gasteiger partial charge is 0.743 e. The van der Waals surface area contributed by atoms with Crippen LogP contribution >= 0.6 is 0 Å². The van der Waals surface area contributed by atoms with E-state index in [1.165, 1.54) is 0 Å². The van der Waals surface area contributed by atoms with Crippen LogP contribution in [0.3, 0.4) is 0 Å². The second-order valence-electron chi connectivity index (χ2n) is 4.19. The van der Waals surface area contributed by atoms with Crippen LogP contribution in [0.5, 0.6) is 0 Å². The average molecular weight is 452 g/mol. The van der Waals surface area contributed by atoms with Crippen molar-refractivity contribution in [2.45, 2.75) is 41.5 Å². The zero-order chi connectivity index (χ0) is 20.2. The first-order chi connectivity index (χ1) is 9.96. The van der Waals surface area contributed by atoms with Gasteiger partial charge in [0.1, 0.15) is 6.42 Å². The largest absolute Gasteiger partial charge is 1.00 e. The molecule has 0 heterocycles. The van der Waals surface area contributed by atoms with Gasteiger partial charge in [0.2, 0.25) is 0 Å². The van der Waals surface area contributed by atoms with Gasteiger partial charge in [0.05, 0.1) is 0 Å². The van der Waals surface area contributed by atoms with Crippen molar-refractivity contribution in [2.75, 3.05) is 0 Å². The van der Waals surface area contributed by atoms with Gasteiger partial charge in [0.25, 0.3) is 0 Å². The van der Waals surface area contributed by atoms with Crippen molar-refractivity contribution in [3.8, 4) is 0 Å². The molecule has 0 saturated heterocycles. The van der Waals surface area contributed by atoms with E-state index in [4.69, 9.17) is 0 Å². The van der Waals surface area contributed by atoms with Crippen molar-refractivity contribution < 1.29 is 121 Å². The van der Waals surface area contributed by atoms with Gasteiger partial charge in [-0.15, -0.1) is 0 Å². The maximum absolute atomic E-state index is 12.8. The van der Waals surface area contributed by atoms with Crippen LogP contribution in [0.4, 0.5) is 57.1 Å². The third-order valence-corrected chi connectivity index (χ3v) is 3.23. The third-order valence-electron chi connectivity index (χ3n) is 2.35. The van der Waals surface area contributed by atoms with Crippen LogP contribution in [0.25, 0.3) is 0 Å². The minimum Gasteiger partial charge on any atom is -0.743 e. The Morgan fingerprint density at radius 1 is 0.640 bits per heavy atom. The SMILES string of the molecule is O=S(=O)([O-])C(F)(F)C(F)(F)C(F)(F)C(F)(F)C(F)(F)CC(F)(F)F.[K+]. The van der Waals surface area contributed by atoms with Gasteiger partial charge in [-0.2, -0.15) is 57.1 Å². The van der Waals surface area contributed by atoms with Gasteiger partial charge in [-0.25, -0.2) is 8.42 Å². The third kappa shape index (κ3) is 4.73. The Kier molecular flexibility index (Phi) is 8.05. The Hall–Kier alpha value is 0.636. The maximum Gasteiger partial charge on any atom is 1.00 e. The molecule has 0 aromatic rings. The van der Waals surface area contributed by atoms with E-state index < -0.39 is 51.7 Å². The van der Waals surface area contributed by atoms with E-state index in [1.54, 1.807) is 0 Å². The second kappa shape index (κ2) is 7.23. The molecule has 0 aliphatic carbocycles. The van der Waals surface area contributed by atoms with E-state index in [2.05, 4.69) is 0 Å². The van der Waals surface area contributed by atoms with Crippen molar-refractivity contribution in [1.82, 2.24) is 0 Å². The van der Waals surface area contributed by atoms with Gasteiger partial charge in [0.15, 0.2) is 10.1 Å². The molecule has 25 heavy (non-hydrogen) atoms. The molecule has 0 rings (SSSR count). The summed E-state index contributed by atoms with van der Waals surface area (Å²) in [5.74, 6) is -30.9. The molecule has 0 unspecified atom stereocenters. The Balaban J connectivity index is 0. The van der Waals surface area contributed by atoms with Gasteiger partial charge < -0.3 is 4.55 Å². The maximum atomic E-state index is 12.8. The molecule has 0 N–H and O–H groups in total. The predicted octanol–water partition coefficient (Wildman–Crippen LogP) is 0.622. The fraction of sp³-hybridized carbons (Fsp3) is 1.00. The van der Waals surface area contributed by atoms with Crippen LogP contribution in [0.2, 0.25) is 0 Å². The summed E-state index contributed by atoms with van der Waals surface area (Å²) in [6.45, 7) is 0. The first kappa shape index (κ1) is 27.9. The predicted molar refractivity (Wildman–Crippen MR) is 45.1 cm³/mol. The summed E-state index contributed by atoms with van der Waals surface area (Å²) >= 11 is 0. The summed E-state index contributed by atoms with van der Waals surface area (Å²) in [4.78, 5) is 0. The minimum absolute atomic E-state index is 0. The topological polar surface area (TPSA) is 57.2 Å². The normalized spacial score (nSPS) is 15.8. The van der Waals surface area contributed by atoms with Crippen molar-refractivity contribution in [1.29, 1.82) is 0 Å². The van der Waals surface area contributed by atoms with Crippen LogP contribution in [-0.4, -0.2) is 48.1 Å². The van der Waals surface area contributed by atoms with E-state index in [-0.39, 0.29) is 51.4 Å². The quantitative estimate of drug-likeness (QED) is 0.338. The second-order valence-corrected chi connectivity index (χ2v) is 5.61. The first-order valence-corrected chi connectivity index (χ1v) is 6.28. The molecule has 0 aromatic heterocycles. The summed E-state index contributed by atoms with van der Waals surface area (Å²) in [5, 5.41) is -7.54. The molecule has 0 bridgehead atoms. The fourth-order valence-corrected chi connectivity index (χ4v) is 1.57. The zero-order valence-corrected chi connectivity index (χ0v) is 15.2. The Morgan fingerprint density at radius 2 is 0.960 bits per heavy atom. The van der Waals surface area contributed by atoms with Gasteiger partial charge in [0, 0.05) is 0 Å². The fourth-order valence-electron chi connectivity index (χ4n) is 1.13.